The Hall–Kier alpha value is -6.52. The number of carbonyl (C=O) groups is 4. The molecule has 2 saturated heterocycles. The average Bonchev–Trinajstić information content (AvgIpc) is 3.72. The van der Waals surface area contributed by atoms with Crippen LogP contribution in [-0.2, 0) is 19.2 Å². The molecule has 6 atom stereocenters. The van der Waals surface area contributed by atoms with Crippen LogP contribution in [0.4, 0.5) is 45.5 Å². The summed E-state index contributed by atoms with van der Waals surface area (Å²) < 4.78 is 6.37. The van der Waals surface area contributed by atoms with Crippen molar-refractivity contribution in [2.24, 2.45) is 50.0 Å². The molecule has 5 aromatic carbocycles. The number of amides is 4. The van der Waals surface area contributed by atoms with Gasteiger partial charge in [-0.3, -0.25) is 29.0 Å². The van der Waals surface area contributed by atoms with Crippen LogP contribution in [0.1, 0.15) is 24.3 Å². The summed E-state index contributed by atoms with van der Waals surface area (Å²) in [6.45, 7) is 0. The van der Waals surface area contributed by atoms with E-state index >= 15 is 0 Å². The SMILES string of the molecule is COc1cc([C@H]2C3=CC[C@@H]4C(=O)N(c5ccc(N=Nc6ccc(N(C)C)cc6)cc5)C(=O)[C@@H]4[C@@H]3C[C@H]3C(=O)N(c4ccc(N=Nc5ccc(N(C)C)cc5)cc4)C(=O)[C@@H]23)c(Br)c(Br)c1O. The van der Waals surface area contributed by atoms with E-state index in [9.17, 15) is 24.3 Å². The van der Waals surface area contributed by atoms with Gasteiger partial charge in [-0.25, -0.2) is 0 Å². The van der Waals surface area contributed by atoms with Crippen molar-refractivity contribution < 1.29 is 29.0 Å². The number of allylic oxidation sites excluding steroid dienone is 2. The Morgan fingerprint density at radius 3 is 1.46 bits per heavy atom. The van der Waals surface area contributed by atoms with Crippen molar-refractivity contribution in [2.75, 3.05) is 54.9 Å². The smallest absolute Gasteiger partial charge is 0.238 e. The number of ether oxygens (including phenoxy) is 1. The molecule has 2 aliphatic heterocycles. The first kappa shape index (κ1) is 43.7. The van der Waals surface area contributed by atoms with Crippen LogP contribution in [0.25, 0.3) is 0 Å². The summed E-state index contributed by atoms with van der Waals surface area (Å²) in [5.41, 5.74) is 6.69. The van der Waals surface area contributed by atoms with Gasteiger partial charge in [0, 0.05) is 50.0 Å². The van der Waals surface area contributed by atoms with Crippen LogP contribution in [0, 0.1) is 29.6 Å². The zero-order chi connectivity index (χ0) is 45.8. The van der Waals surface area contributed by atoms with Crippen molar-refractivity contribution >= 4 is 101 Å². The van der Waals surface area contributed by atoms with E-state index < -0.39 is 47.3 Å². The molecule has 330 valence electrons. The lowest BCUT2D eigenvalue weighted by Gasteiger charge is -2.44. The molecule has 65 heavy (non-hydrogen) atoms. The highest BCUT2D eigenvalue weighted by Gasteiger charge is 2.62. The maximum atomic E-state index is 14.9. The molecule has 0 aromatic heterocycles. The lowest BCUT2D eigenvalue weighted by molar-refractivity contribution is -0.126. The molecular weight excluding hydrogens is 956 g/mol. The Bertz CT molecular complexity index is 2810. The maximum Gasteiger partial charge on any atom is 0.238 e. The molecular formula is C49H44Br2N8O6. The Kier molecular flexibility index (Phi) is 11.7. The third-order valence-electron chi connectivity index (χ3n) is 12.9. The first-order chi connectivity index (χ1) is 31.2. The minimum Gasteiger partial charge on any atom is -0.503 e. The number of aromatic hydroxyl groups is 1. The predicted molar refractivity (Wildman–Crippen MR) is 255 cm³/mol. The molecule has 14 nitrogen and oxygen atoms in total. The molecule has 9 rings (SSSR count). The molecule has 0 unspecified atom stereocenters. The van der Waals surface area contributed by atoms with E-state index in [0.29, 0.717) is 48.6 Å². The van der Waals surface area contributed by atoms with Crippen LogP contribution < -0.4 is 24.3 Å². The number of methoxy groups -OCH3 is 1. The second-order valence-electron chi connectivity index (χ2n) is 16.9. The molecule has 0 bridgehead atoms. The van der Waals surface area contributed by atoms with Gasteiger partial charge in [0.15, 0.2) is 11.5 Å². The number of imide groups is 2. The lowest BCUT2D eigenvalue weighted by Crippen LogP contribution is -2.43. The van der Waals surface area contributed by atoms with Crippen LogP contribution in [0.5, 0.6) is 11.5 Å². The molecule has 2 aliphatic carbocycles. The van der Waals surface area contributed by atoms with Crippen molar-refractivity contribution in [1.82, 2.24) is 0 Å². The Morgan fingerprint density at radius 2 is 1.02 bits per heavy atom. The predicted octanol–water partition coefficient (Wildman–Crippen LogP) is 10.9. The number of benzene rings is 5. The summed E-state index contributed by atoms with van der Waals surface area (Å²) in [5, 5.41) is 28.4. The highest BCUT2D eigenvalue weighted by Crippen LogP contribution is 2.60. The summed E-state index contributed by atoms with van der Waals surface area (Å²) >= 11 is 7.18. The largest absolute Gasteiger partial charge is 0.503 e. The van der Waals surface area contributed by atoms with Gasteiger partial charge in [0.2, 0.25) is 23.6 Å². The number of hydrogen-bond acceptors (Lipinski definition) is 12. The van der Waals surface area contributed by atoms with Crippen molar-refractivity contribution in [1.29, 1.82) is 0 Å². The van der Waals surface area contributed by atoms with E-state index in [0.717, 1.165) is 16.9 Å². The number of nitrogens with zero attached hydrogens (tertiary/aromatic N) is 8. The van der Waals surface area contributed by atoms with Crippen LogP contribution in [0.15, 0.2) is 144 Å². The van der Waals surface area contributed by atoms with Gasteiger partial charge in [0.05, 0.1) is 69.4 Å². The zero-order valence-corrected chi connectivity index (χ0v) is 39.3. The molecule has 2 heterocycles. The molecule has 1 N–H and O–H groups in total. The minimum absolute atomic E-state index is 0.138. The fraction of sp³-hybridized carbons (Fsp3) is 0.265. The van der Waals surface area contributed by atoms with Crippen LogP contribution in [0.3, 0.4) is 0 Å². The Balaban J connectivity index is 1.02. The van der Waals surface area contributed by atoms with Crippen molar-refractivity contribution in [3.63, 3.8) is 0 Å². The van der Waals surface area contributed by atoms with Gasteiger partial charge in [-0.15, -0.1) is 0 Å². The van der Waals surface area contributed by atoms with E-state index in [2.05, 4.69) is 52.3 Å². The average molecular weight is 1000 g/mol. The number of phenolic OH excluding ortho intramolecular Hbond substituents is 1. The number of fused-ring (bicyclic) bond motifs is 4. The molecule has 16 heteroatoms. The quantitative estimate of drug-likeness (QED) is 0.0822. The number of rotatable bonds is 10. The van der Waals surface area contributed by atoms with Crippen LogP contribution >= 0.6 is 31.9 Å². The van der Waals surface area contributed by atoms with E-state index in [1.165, 1.54) is 16.9 Å². The van der Waals surface area contributed by atoms with E-state index in [1.54, 1.807) is 54.6 Å². The number of anilines is 4. The number of carbonyl (C=O) groups excluding carboxylic acids is 4. The van der Waals surface area contributed by atoms with E-state index in [1.807, 2.05) is 92.6 Å². The standard InChI is InChI=1S/C49H44Br2N8O6/c1-56(2)30-14-6-26(7-15-30)52-54-28-10-18-32(19-11-28)58-46(61)35-23-22-34-36(41(35)48(58)63)24-38-42(40(34)37-25-39(65-5)45(60)44(51)43(37)50)49(64)59(47(38)62)33-20-12-29(13-21-33)55-53-27-8-16-31(17-9-27)57(3)4/h6-22,25,35-36,38,40-42,60H,23-24H2,1-5H3/t35-,36+,38+,40+,41-,42+/m0/s1. The topological polar surface area (TPSA) is 160 Å². The number of azo groups is 2. The summed E-state index contributed by atoms with van der Waals surface area (Å²) in [6.07, 6.45) is 2.42. The second-order valence-corrected chi connectivity index (χ2v) is 18.5. The molecule has 4 amide bonds. The number of phenols is 1. The molecule has 1 saturated carbocycles. The van der Waals surface area contributed by atoms with Crippen molar-refractivity contribution in [3.8, 4) is 11.5 Å². The van der Waals surface area contributed by atoms with Gasteiger partial charge in [-0.05, 0) is 159 Å². The third kappa shape index (κ3) is 7.81. The van der Waals surface area contributed by atoms with Gasteiger partial charge < -0.3 is 19.6 Å². The highest BCUT2D eigenvalue weighted by molar-refractivity contribution is 9.13. The first-order valence-corrected chi connectivity index (χ1v) is 22.6. The summed E-state index contributed by atoms with van der Waals surface area (Å²) in [5.74, 6) is -5.85. The van der Waals surface area contributed by atoms with E-state index in [-0.39, 0.29) is 36.2 Å². The maximum absolute atomic E-state index is 14.9. The van der Waals surface area contributed by atoms with Gasteiger partial charge >= 0.3 is 0 Å². The van der Waals surface area contributed by atoms with Gasteiger partial charge in [0.25, 0.3) is 0 Å². The lowest BCUT2D eigenvalue weighted by atomic mass is 9.57. The van der Waals surface area contributed by atoms with Gasteiger partial charge in [-0.1, -0.05) is 11.6 Å². The number of halogens is 2. The first-order valence-electron chi connectivity index (χ1n) is 21.0. The van der Waals surface area contributed by atoms with Crippen LogP contribution in [-0.4, -0.2) is 64.0 Å². The fourth-order valence-corrected chi connectivity index (χ4v) is 10.6. The molecule has 3 fully saturated rings. The normalized spacial score (nSPS) is 22.7. The Morgan fingerprint density at radius 1 is 0.585 bits per heavy atom. The number of hydrogen-bond donors (Lipinski definition) is 1. The van der Waals surface area contributed by atoms with Gasteiger partial charge in [-0.2, -0.15) is 20.5 Å². The van der Waals surface area contributed by atoms with Gasteiger partial charge in [0.1, 0.15) is 0 Å². The summed E-state index contributed by atoms with van der Waals surface area (Å²) in [4.78, 5) is 65.0. The molecule has 4 aliphatic rings. The van der Waals surface area contributed by atoms with Crippen molar-refractivity contribution in [2.45, 2.75) is 18.8 Å². The molecule has 0 radical (unpaired) electrons. The highest BCUT2D eigenvalue weighted by atomic mass is 79.9. The third-order valence-corrected chi connectivity index (χ3v) is 15.0. The summed E-state index contributed by atoms with van der Waals surface area (Å²) in [7, 11) is 9.28. The Labute approximate surface area is 392 Å². The monoisotopic (exact) mass is 998 g/mol. The zero-order valence-electron chi connectivity index (χ0n) is 36.1. The fourth-order valence-electron chi connectivity index (χ4n) is 9.64. The second kappa shape index (κ2) is 17.5. The van der Waals surface area contributed by atoms with Crippen LogP contribution in [0.2, 0.25) is 0 Å². The summed E-state index contributed by atoms with van der Waals surface area (Å²) in [6, 6.07) is 30.5. The van der Waals surface area contributed by atoms with Crippen molar-refractivity contribution in [3.05, 3.63) is 129 Å². The minimum atomic E-state index is -0.862. The van der Waals surface area contributed by atoms with E-state index in [4.69, 9.17) is 4.74 Å². The molecule has 5 aromatic rings. The molecule has 0 spiro atoms.